The topological polar surface area (TPSA) is 92.5 Å². The van der Waals surface area contributed by atoms with E-state index >= 15 is 0 Å². The minimum Gasteiger partial charge on any atom is -0.507 e. The van der Waals surface area contributed by atoms with Crippen LogP contribution in [-0.2, 0) is 0 Å². The molecule has 0 aromatic heterocycles. The zero-order chi connectivity index (χ0) is 13.8. The van der Waals surface area contributed by atoms with Crippen molar-refractivity contribution in [1.29, 1.82) is 0 Å². The first kappa shape index (κ1) is 12.6. The van der Waals surface area contributed by atoms with Gasteiger partial charge in [-0.1, -0.05) is 18.2 Å². The van der Waals surface area contributed by atoms with E-state index in [4.69, 9.17) is 0 Å². The number of non-ortho nitro benzene ring substituents is 1. The monoisotopic (exact) mass is 258 g/mol. The molecule has 6 nitrogen and oxygen atoms in total. The second kappa shape index (κ2) is 5.18. The summed E-state index contributed by atoms with van der Waals surface area (Å²) in [7, 11) is 0. The number of benzene rings is 2. The lowest BCUT2D eigenvalue weighted by Gasteiger charge is -2.06. The largest absolute Gasteiger partial charge is 0.507 e. The molecule has 0 bridgehead atoms. The normalized spacial score (nSPS) is 9.89. The number of hydrogen-bond donors (Lipinski definition) is 2. The fourth-order valence-electron chi connectivity index (χ4n) is 1.55. The molecule has 0 saturated heterocycles. The highest BCUT2D eigenvalue weighted by atomic mass is 16.6. The Balaban J connectivity index is 2.22. The summed E-state index contributed by atoms with van der Waals surface area (Å²) in [5, 5.41) is 22.7. The van der Waals surface area contributed by atoms with Crippen LogP contribution in [0.25, 0.3) is 0 Å². The highest BCUT2D eigenvalue weighted by Gasteiger charge is 2.15. The smallest absolute Gasteiger partial charge is 0.273 e. The molecule has 6 heteroatoms. The van der Waals surface area contributed by atoms with Gasteiger partial charge in [-0.2, -0.15) is 0 Å². The third kappa shape index (κ3) is 2.86. The fourth-order valence-corrected chi connectivity index (χ4v) is 1.55. The summed E-state index contributed by atoms with van der Waals surface area (Å²) in [6, 6.07) is 12.0. The van der Waals surface area contributed by atoms with E-state index in [9.17, 15) is 20.0 Å². The summed E-state index contributed by atoms with van der Waals surface area (Å²) in [5.74, 6) is -0.957. The van der Waals surface area contributed by atoms with Gasteiger partial charge < -0.3 is 10.4 Å². The molecule has 0 fully saturated rings. The first-order chi connectivity index (χ1) is 9.08. The van der Waals surface area contributed by atoms with E-state index in [1.165, 1.54) is 12.1 Å². The van der Waals surface area contributed by atoms with Crippen molar-refractivity contribution in [2.75, 3.05) is 5.32 Å². The molecular formula is C13H10N2O4. The second-order valence-corrected chi connectivity index (χ2v) is 3.78. The van der Waals surface area contributed by atoms with E-state index in [-0.39, 0.29) is 11.3 Å². The van der Waals surface area contributed by atoms with Crippen LogP contribution < -0.4 is 5.32 Å². The number of carbonyl (C=O) groups is 1. The van der Waals surface area contributed by atoms with Crippen molar-refractivity contribution in [3.05, 3.63) is 64.2 Å². The van der Waals surface area contributed by atoms with E-state index in [2.05, 4.69) is 5.32 Å². The third-order valence-electron chi connectivity index (χ3n) is 2.47. The number of para-hydroxylation sites is 1. The lowest BCUT2D eigenvalue weighted by Crippen LogP contribution is -2.12. The Morgan fingerprint density at radius 3 is 2.42 bits per heavy atom. The van der Waals surface area contributed by atoms with Gasteiger partial charge in [-0.25, -0.2) is 0 Å². The zero-order valence-electron chi connectivity index (χ0n) is 9.74. The Morgan fingerprint density at radius 2 is 1.84 bits per heavy atom. The second-order valence-electron chi connectivity index (χ2n) is 3.78. The SMILES string of the molecule is O=C(Nc1ccccc1)c1ccc([N+](=O)[O-])cc1O. The summed E-state index contributed by atoms with van der Waals surface area (Å²) in [4.78, 5) is 21.8. The predicted octanol–water partition coefficient (Wildman–Crippen LogP) is 2.55. The molecule has 0 aliphatic rings. The number of phenols is 1. The van der Waals surface area contributed by atoms with Crippen LogP contribution in [-0.4, -0.2) is 15.9 Å². The van der Waals surface area contributed by atoms with Crippen LogP contribution in [0.2, 0.25) is 0 Å². The molecule has 2 rings (SSSR count). The number of hydrogen-bond acceptors (Lipinski definition) is 4. The molecule has 19 heavy (non-hydrogen) atoms. The maximum atomic E-state index is 11.9. The van der Waals surface area contributed by atoms with Crippen LogP contribution in [0.4, 0.5) is 11.4 Å². The highest BCUT2D eigenvalue weighted by molar-refractivity contribution is 6.06. The van der Waals surface area contributed by atoms with Crippen molar-refractivity contribution in [3.8, 4) is 5.75 Å². The molecule has 96 valence electrons. The van der Waals surface area contributed by atoms with Crippen LogP contribution in [0.3, 0.4) is 0 Å². The zero-order valence-corrected chi connectivity index (χ0v) is 9.74. The first-order valence-corrected chi connectivity index (χ1v) is 5.42. The maximum absolute atomic E-state index is 11.9. The Kier molecular flexibility index (Phi) is 3.42. The number of carbonyl (C=O) groups excluding carboxylic acids is 1. The molecule has 2 aromatic carbocycles. The van der Waals surface area contributed by atoms with Crippen molar-refractivity contribution in [2.45, 2.75) is 0 Å². The van der Waals surface area contributed by atoms with E-state index in [0.717, 1.165) is 6.07 Å². The third-order valence-corrected chi connectivity index (χ3v) is 2.47. The number of nitrogens with zero attached hydrogens (tertiary/aromatic N) is 1. The lowest BCUT2D eigenvalue weighted by molar-refractivity contribution is -0.384. The van der Waals surface area contributed by atoms with Gasteiger partial charge in [0.15, 0.2) is 0 Å². The molecule has 0 atom stereocenters. The Hall–Kier alpha value is -2.89. The molecule has 0 radical (unpaired) electrons. The summed E-state index contributed by atoms with van der Waals surface area (Å²) in [5.41, 5.74) is 0.286. The van der Waals surface area contributed by atoms with Gasteiger partial charge in [0.1, 0.15) is 5.75 Å². The van der Waals surface area contributed by atoms with Crippen LogP contribution in [0.5, 0.6) is 5.75 Å². The van der Waals surface area contributed by atoms with Crippen molar-refractivity contribution >= 4 is 17.3 Å². The number of anilines is 1. The first-order valence-electron chi connectivity index (χ1n) is 5.42. The number of phenolic OH excluding ortho intramolecular Hbond substituents is 1. The minimum atomic E-state index is -0.640. The average molecular weight is 258 g/mol. The number of aromatic hydroxyl groups is 1. The maximum Gasteiger partial charge on any atom is 0.273 e. The molecule has 0 saturated carbocycles. The van der Waals surface area contributed by atoms with E-state index in [0.29, 0.717) is 5.69 Å². The molecule has 0 unspecified atom stereocenters. The van der Waals surface area contributed by atoms with Gasteiger partial charge in [0.25, 0.3) is 11.6 Å². The van der Waals surface area contributed by atoms with Gasteiger partial charge in [0.2, 0.25) is 0 Å². The van der Waals surface area contributed by atoms with Crippen molar-refractivity contribution in [2.24, 2.45) is 0 Å². The molecule has 0 spiro atoms. The Bertz CT molecular complexity index is 626. The number of nitro groups is 1. The van der Waals surface area contributed by atoms with Gasteiger partial charge in [-0.15, -0.1) is 0 Å². The van der Waals surface area contributed by atoms with Crippen LogP contribution >= 0.6 is 0 Å². The fraction of sp³-hybridized carbons (Fsp3) is 0. The average Bonchev–Trinajstić information content (AvgIpc) is 2.39. The van der Waals surface area contributed by atoms with E-state index < -0.39 is 16.6 Å². The van der Waals surface area contributed by atoms with Gasteiger partial charge in [0.05, 0.1) is 16.6 Å². The standard InChI is InChI=1S/C13H10N2O4/c16-12-8-10(15(18)19)6-7-11(12)13(17)14-9-4-2-1-3-5-9/h1-8,16H,(H,14,17). The highest BCUT2D eigenvalue weighted by Crippen LogP contribution is 2.24. The molecule has 0 heterocycles. The summed E-state index contributed by atoms with van der Waals surface area (Å²) < 4.78 is 0. The summed E-state index contributed by atoms with van der Waals surface area (Å²) in [6.45, 7) is 0. The van der Waals surface area contributed by atoms with Gasteiger partial charge >= 0.3 is 0 Å². The molecule has 0 aliphatic carbocycles. The van der Waals surface area contributed by atoms with Crippen LogP contribution in [0, 0.1) is 10.1 Å². The summed E-state index contributed by atoms with van der Waals surface area (Å²) >= 11 is 0. The summed E-state index contributed by atoms with van der Waals surface area (Å²) in [6.07, 6.45) is 0. The molecule has 2 N–H and O–H groups in total. The van der Waals surface area contributed by atoms with Crippen molar-refractivity contribution < 1.29 is 14.8 Å². The van der Waals surface area contributed by atoms with Gasteiger partial charge in [-0.3, -0.25) is 14.9 Å². The Morgan fingerprint density at radius 1 is 1.16 bits per heavy atom. The van der Waals surface area contributed by atoms with Crippen LogP contribution in [0.15, 0.2) is 48.5 Å². The van der Waals surface area contributed by atoms with E-state index in [1.54, 1.807) is 30.3 Å². The Labute approximate surface area is 108 Å². The number of rotatable bonds is 3. The predicted molar refractivity (Wildman–Crippen MR) is 69.2 cm³/mol. The number of nitrogens with one attached hydrogen (secondary N) is 1. The van der Waals surface area contributed by atoms with Crippen molar-refractivity contribution in [1.82, 2.24) is 0 Å². The number of amides is 1. The number of nitro benzene ring substituents is 1. The van der Waals surface area contributed by atoms with Crippen molar-refractivity contribution in [3.63, 3.8) is 0 Å². The lowest BCUT2D eigenvalue weighted by atomic mass is 10.1. The molecule has 1 amide bonds. The molecule has 0 aliphatic heterocycles. The van der Waals surface area contributed by atoms with E-state index in [1.807, 2.05) is 0 Å². The minimum absolute atomic E-state index is 0.0190. The van der Waals surface area contributed by atoms with Crippen LogP contribution in [0.1, 0.15) is 10.4 Å². The molecule has 2 aromatic rings. The van der Waals surface area contributed by atoms with Gasteiger partial charge in [-0.05, 0) is 18.2 Å². The quantitative estimate of drug-likeness (QED) is 0.653. The van der Waals surface area contributed by atoms with Gasteiger partial charge in [0, 0.05) is 11.8 Å². The molecular weight excluding hydrogens is 248 g/mol.